The third-order valence-electron chi connectivity index (χ3n) is 9.49. The van der Waals surface area contributed by atoms with Gasteiger partial charge in [-0.1, -0.05) is 71.4 Å². The van der Waals surface area contributed by atoms with Gasteiger partial charge in [0.1, 0.15) is 0 Å². The highest BCUT2D eigenvalue weighted by Gasteiger charge is 2.42. The van der Waals surface area contributed by atoms with Crippen molar-refractivity contribution in [3.05, 3.63) is 35.9 Å². The van der Waals surface area contributed by atoms with Crippen molar-refractivity contribution in [1.29, 1.82) is 0 Å². The van der Waals surface area contributed by atoms with E-state index in [1.54, 1.807) is 47.1 Å². The number of benzene rings is 1. The van der Waals surface area contributed by atoms with Crippen LogP contribution in [-0.2, 0) is 23.9 Å². The number of methoxy groups -OCH3 is 2. The Kier molecular flexibility index (Phi) is 15.3. The summed E-state index contributed by atoms with van der Waals surface area (Å²) in [5, 5.41) is 16.8. The van der Waals surface area contributed by atoms with Gasteiger partial charge in [-0.05, 0) is 44.2 Å². The van der Waals surface area contributed by atoms with E-state index < -0.39 is 30.3 Å². The molecule has 0 spiro atoms. The minimum Gasteiger partial charge on any atom is -0.386 e. The Morgan fingerprint density at radius 3 is 2.23 bits per heavy atom. The number of aliphatic hydroxyl groups is 1. The lowest BCUT2D eigenvalue weighted by molar-refractivity contribution is -0.147. The Labute approximate surface area is 265 Å². The normalized spacial score (nSPS) is 20.7. The van der Waals surface area contributed by atoms with Crippen LogP contribution in [-0.4, -0.2) is 104 Å². The number of carbonyl (C=O) groups excluding carboxylic acids is 3. The molecule has 1 unspecified atom stereocenters. The predicted molar refractivity (Wildman–Crippen MR) is 173 cm³/mol. The zero-order valence-corrected chi connectivity index (χ0v) is 28.6. The second-order valence-electron chi connectivity index (χ2n) is 12.8. The van der Waals surface area contributed by atoms with Crippen molar-refractivity contribution in [3.8, 4) is 0 Å². The highest BCUT2D eigenvalue weighted by Crippen LogP contribution is 2.30. The van der Waals surface area contributed by atoms with Crippen LogP contribution in [0, 0.1) is 17.8 Å². The summed E-state index contributed by atoms with van der Waals surface area (Å²) in [5.41, 5.74) is 0.727. The molecule has 1 saturated heterocycles. The lowest BCUT2D eigenvalue weighted by Crippen LogP contribution is -2.56. The zero-order chi connectivity index (χ0) is 33.1. The second-order valence-corrected chi connectivity index (χ2v) is 12.8. The molecule has 2 rings (SSSR count). The molecule has 1 heterocycles. The van der Waals surface area contributed by atoms with Gasteiger partial charge in [-0.2, -0.15) is 0 Å². The van der Waals surface area contributed by atoms with Crippen LogP contribution < -0.4 is 10.6 Å². The van der Waals surface area contributed by atoms with Crippen LogP contribution in [0.25, 0.3) is 0 Å². The van der Waals surface area contributed by atoms with E-state index in [2.05, 4.69) is 24.5 Å². The molecular formula is C34H58N4O6. The number of hydrogen-bond donors (Lipinski definition) is 3. The molecule has 3 N–H and O–H groups in total. The summed E-state index contributed by atoms with van der Waals surface area (Å²) >= 11 is 0. The number of nitrogens with one attached hydrogen (secondary N) is 2. The highest BCUT2D eigenvalue weighted by atomic mass is 16.5. The van der Waals surface area contributed by atoms with Crippen LogP contribution >= 0.6 is 0 Å². The maximum Gasteiger partial charge on any atom is 0.240 e. The summed E-state index contributed by atoms with van der Waals surface area (Å²) in [7, 11) is 6.76. The highest BCUT2D eigenvalue weighted by molar-refractivity contribution is 5.83. The smallest absolute Gasteiger partial charge is 0.240 e. The Hall–Kier alpha value is -2.53. The average molecular weight is 619 g/mol. The molecule has 0 saturated carbocycles. The molecule has 1 aliphatic rings. The Bertz CT molecular complexity index is 1040. The molecule has 44 heavy (non-hydrogen) atoms. The number of hydrogen-bond acceptors (Lipinski definition) is 7. The minimum atomic E-state index is -0.851. The van der Waals surface area contributed by atoms with Gasteiger partial charge in [-0.3, -0.25) is 14.4 Å². The summed E-state index contributed by atoms with van der Waals surface area (Å²) in [5.74, 6) is -0.695. The van der Waals surface area contributed by atoms with Gasteiger partial charge in [-0.25, -0.2) is 0 Å². The van der Waals surface area contributed by atoms with Crippen molar-refractivity contribution >= 4 is 17.7 Å². The van der Waals surface area contributed by atoms with Crippen molar-refractivity contribution in [3.63, 3.8) is 0 Å². The monoisotopic (exact) mass is 618 g/mol. The summed E-state index contributed by atoms with van der Waals surface area (Å²) < 4.78 is 11.8. The van der Waals surface area contributed by atoms with E-state index in [9.17, 15) is 19.5 Å². The van der Waals surface area contributed by atoms with Crippen molar-refractivity contribution in [2.24, 2.45) is 17.8 Å². The van der Waals surface area contributed by atoms with Crippen LogP contribution in [0.4, 0.5) is 0 Å². The van der Waals surface area contributed by atoms with Crippen molar-refractivity contribution in [2.75, 3.05) is 34.9 Å². The van der Waals surface area contributed by atoms with Gasteiger partial charge in [0.25, 0.3) is 0 Å². The standard InChI is InChI=1S/C34H58N4O6/c1-11-22(4)30(37(8)34(42)29(35-7)21(2)3)27(43-9)20-28(39)38-19-15-18-26(38)32(44-10)23(5)33(41)36-24(6)31(40)25-16-13-12-14-17-25/h12-14,16-17,21-24,26-27,29-32,35,40H,11,15,18-20H2,1-10H3,(H,36,41)/t22-,23+,24+,26-,27+,29-,30?,31+,32+/m0/s1. The lowest BCUT2D eigenvalue weighted by Gasteiger charge is -2.40. The molecule has 9 atom stereocenters. The number of likely N-dealkylation sites (N-methyl/N-ethyl adjacent to an activating group) is 2. The van der Waals surface area contributed by atoms with Crippen LogP contribution in [0.5, 0.6) is 0 Å². The first-order chi connectivity index (χ1) is 20.8. The predicted octanol–water partition coefficient (Wildman–Crippen LogP) is 3.39. The van der Waals surface area contributed by atoms with E-state index in [4.69, 9.17) is 9.47 Å². The van der Waals surface area contributed by atoms with Gasteiger partial charge >= 0.3 is 0 Å². The molecule has 1 aromatic rings. The van der Waals surface area contributed by atoms with Crippen molar-refractivity contribution in [2.45, 2.75) is 110 Å². The first-order valence-corrected chi connectivity index (χ1v) is 16.2. The van der Waals surface area contributed by atoms with Crippen LogP contribution in [0.2, 0.25) is 0 Å². The van der Waals surface area contributed by atoms with Crippen molar-refractivity contribution in [1.82, 2.24) is 20.4 Å². The molecule has 3 amide bonds. The SMILES string of the molecule is CC[C@H](C)C([C@@H](CC(=O)N1CCC[C@H]1[C@H](OC)[C@@H](C)C(=O)N[C@H](C)[C@@H](O)c1ccccc1)OC)N(C)C(=O)[C@@H](NC)C(C)C. The van der Waals surface area contributed by atoms with E-state index in [1.165, 1.54) is 0 Å². The quantitative estimate of drug-likeness (QED) is 0.245. The maximum absolute atomic E-state index is 13.9. The van der Waals surface area contributed by atoms with E-state index in [1.807, 2.05) is 49.1 Å². The largest absolute Gasteiger partial charge is 0.386 e. The summed E-state index contributed by atoms with van der Waals surface area (Å²) in [6.45, 7) is 12.3. The van der Waals surface area contributed by atoms with Gasteiger partial charge in [-0.15, -0.1) is 0 Å². The van der Waals surface area contributed by atoms with E-state index in [0.717, 1.165) is 18.4 Å². The van der Waals surface area contributed by atoms with E-state index >= 15 is 0 Å². The van der Waals surface area contributed by atoms with Gasteiger partial charge in [0, 0.05) is 27.8 Å². The Morgan fingerprint density at radius 1 is 1.07 bits per heavy atom. The molecule has 0 radical (unpaired) electrons. The number of nitrogens with zero attached hydrogens (tertiary/aromatic N) is 2. The van der Waals surface area contributed by atoms with Crippen LogP contribution in [0.15, 0.2) is 30.3 Å². The number of likely N-dealkylation sites (tertiary alicyclic amines) is 1. The Morgan fingerprint density at radius 2 is 1.70 bits per heavy atom. The fourth-order valence-electron chi connectivity index (χ4n) is 6.64. The summed E-state index contributed by atoms with van der Waals surface area (Å²) in [4.78, 5) is 44.3. The fourth-order valence-corrected chi connectivity index (χ4v) is 6.64. The van der Waals surface area contributed by atoms with Crippen molar-refractivity contribution < 1.29 is 29.0 Å². The molecule has 0 aromatic heterocycles. The van der Waals surface area contributed by atoms with E-state index in [-0.39, 0.29) is 54.1 Å². The molecule has 1 aromatic carbocycles. The average Bonchev–Trinajstić information content (AvgIpc) is 3.50. The molecule has 1 aliphatic heterocycles. The first kappa shape index (κ1) is 37.7. The lowest BCUT2D eigenvalue weighted by atomic mass is 9.89. The minimum absolute atomic E-state index is 0.0211. The van der Waals surface area contributed by atoms with Crippen LogP contribution in [0.3, 0.4) is 0 Å². The number of carbonyl (C=O) groups is 3. The van der Waals surface area contributed by atoms with Gasteiger partial charge in [0.15, 0.2) is 0 Å². The Balaban J connectivity index is 2.19. The molecule has 1 fully saturated rings. The van der Waals surface area contributed by atoms with Gasteiger partial charge < -0.3 is 35.0 Å². The third kappa shape index (κ3) is 9.25. The molecule has 0 bridgehead atoms. The summed E-state index contributed by atoms with van der Waals surface area (Å²) in [6, 6.07) is 7.81. The molecule has 0 aliphatic carbocycles. The van der Waals surface area contributed by atoms with Gasteiger partial charge in [0.05, 0.1) is 54.8 Å². The van der Waals surface area contributed by atoms with Gasteiger partial charge in [0.2, 0.25) is 17.7 Å². The first-order valence-electron chi connectivity index (χ1n) is 16.2. The second kappa shape index (κ2) is 17.8. The maximum atomic E-state index is 13.9. The molecule has 10 heteroatoms. The fraction of sp³-hybridized carbons (Fsp3) is 0.735. The number of rotatable bonds is 17. The molecule has 10 nitrogen and oxygen atoms in total. The number of ether oxygens (including phenoxy) is 2. The molecular weight excluding hydrogens is 560 g/mol. The van der Waals surface area contributed by atoms with E-state index in [0.29, 0.717) is 13.0 Å². The number of aliphatic hydroxyl groups excluding tert-OH is 1. The molecule has 250 valence electrons. The number of amides is 3. The zero-order valence-electron chi connectivity index (χ0n) is 28.6. The van der Waals surface area contributed by atoms with Crippen LogP contribution in [0.1, 0.15) is 78.9 Å². The summed E-state index contributed by atoms with van der Waals surface area (Å²) in [6.07, 6.45) is 0.577. The third-order valence-corrected chi connectivity index (χ3v) is 9.49. The topological polar surface area (TPSA) is 120 Å².